The average Bonchev–Trinajstić information content (AvgIpc) is 3.03. The number of thiophene rings is 2. The Kier molecular flexibility index (Phi) is 3.74. The molecule has 0 aliphatic carbocycles. The molecule has 0 amide bonds. The van der Waals surface area contributed by atoms with Crippen LogP contribution in [0.15, 0.2) is 36.0 Å². The van der Waals surface area contributed by atoms with Gasteiger partial charge in [0.05, 0.1) is 8.57 Å². The highest BCUT2D eigenvalue weighted by Crippen LogP contribution is 2.45. The van der Waals surface area contributed by atoms with Crippen molar-refractivity contribution in [1.82, 2.24) is 4.98 Å². The van der Waals surface area contributed by atoms with Crippen LogP contribution in [0.3, 0.4) is 0 Å². The number of rotatable bonds is 2. The molecule has 0 radical (unpaired) electrons. The first-order valence-corrected chi connectivity index (χ1v) is 8.45. The Morgan fingerprint density at radius 1 is 1.25 bits per heavy atom. The van der Waals surface area contributed by atoms with E-state index in [0.29, 0.717) is 10.6 Å². The molecule has 3 aromatic rings. The molecular weight excluding hydrogens is 401 g/mol. The molecule has 98 valence electrons. The van der Waals surface area contributed by atoms with Crippen molar-refractivity contribution in [2.45, 2.75) is 0 Å². The van der Waals surface area contributed by atoms with Crippen molar-refractivity contribution in [3.05, 3.63) is 43.7 Å². The summed E-state index contributed by atoms with van der Waals surface area (Å²) in [7, 11) is 0. The first-order chi connectivity index (χ1) is 9.70. The van der Waals surface area contributed by atoms with E-state index in [1.807, 2.05) is 12.1 Å². The number of nitrogens with zero attached hydrogens (tertiary/aromatic N) is 2. The summed E-state index contributed by atoms with van der Waals surface area (Å²) in [5.41, 5.74) is 9.76. The zero-order valence-corrected chi connectivity index (χ0v) is 13.9. The van der Waals surface area contributed by atoms with E-state index in [2.05, 4.69) is 45.1 Å². The minimum atomic E-state index is 0.555. The van der Waals surface area contributed by atoms with Gasteiger partial charge in [0.1, 0.15) is 10.9 Å². The lowest BCUT2D eigenvalue weighted by Crippen LogP contribution is -1.89. The lowest BCUT2D eigenvalue weighted by molar-refractivity contribution is 1.33. The highest BCUT2D eigenvalue weighted by atomic mass is 127. The Hall–Kier alpha value is -1.43. The Labute approximate surface area is 137 Å². The molecule has 0 fully saturated rings. The van der Waals surface area contributed by atoms with Gasteiger partial charge >= 0.3 is 0 Å². The standard InChI is InChI=1S/C14H8IN3S2/c15-11-5-9(7-19-11)14-12(8-1-3-18-4-2-8)13(17)10(6-16)20-14/h1-5,7H,17H2. The number of halogens is 1. The Morgan fingerprint density at radius 3 is 2.60 bits per heavy atom. The molecule has 3 aromatic heterocycles. The van der Waals surface area contributed by atoms with E-state index in [-0.39, 0.29) is 0 Å². The number of anilines is 1. The Morgan fingerprint density at radius 2 is 2.00 bits per heavy atom. The third-order valence-corrected chi connectivity index (χ3v) is 5.79. The molecule has 6 heteroatoms. The highest BCUT2D eigenvalue weighted by molar-refractivity contribution is 14.1. The molecule has 0 aliphatic heterocycles. The van der Waals surface area contributed by atoms with Crippen molar-refractivity contribution in [3.63, 3.8) is 0 Å². The Bertz CT molecular complexity index is 800. The van der Waals surface area contributed by atoms with Crippen LogP contribution in [0.5, 0.6) is 0 Å². The fourth-order valence-electron chi connectivity index (χ4n) is 1.96. The van der Waals surface area contributed by atoms with E-state index in [4.69, 9.17) is 5.73 Å². The van der Waals surface area contributed by atoms with Crippen LogP contribution < -0.4 is 5.73 Å². The molecular formula is C14H8IN3S2. The molecule has 0 aliphatic rings. The van der Waals surface area contributed by atoms with Gasteiger partial charge in [-0.05, 0) is 46.4 Å². The number of hydrogen-bond donors (Lipinski definition) is 1. The number of aromatic nitrogens is 1. The second-order valence-corrected chi connectivity index (χ2v) is 7.86. The summed E-state index contributed by atoms with van der Waals surface area (Å²) in [5, 5.41) is 11.3. The lowest BCUT2D eigenvalue weighted by atomic mass is 10.0. The van der Waals surface area contributed by atoms with Gasteiger partial charge in [-0.15, -0.1) is 22.7 Å². The zero-order chi connectivity index (χ0) is 14.1. The predicted octanol–water partition coefficient (Wildman–Crippen LogP) is 4.60. The van der Waals surface area contributed by atoms with E-state index >= 15 is 0 Å². The van der Waals surface area contributed by atoms with Crippen LogP contribution in [0.25, 0.3) is 21.6 Å². The van der Waals surface area contributed by atoms with Gasteiger partial charge in [-0.25, -0.2) is 0 Å². The third kappa shape index (κ3) is 2.32. The van der Waals surface area contributed by atoms with E-state index in [1.165, 1.54) is 14.2 Å². The summed E-state index contributed by atoms with van der Waals surface area (Å²) in [6, 6.07) is 8.13. The van der Waals surface area contributed by atoms with Crippen LogP contribution >= 0.6 is 45.3 Å². The number of hydrogen-bond acceptors (Lipinski definition) is 5. The van der Waals surface area contributed by atoms with E-state index in [0.717, 1.165) is 21.6 Å². The SMILES string of the molecule is N#Cc1sc(-c2csc(I)c2)c(-c2ccncc2)c1N. The van der Waals surface area contributed by atoms with Crippen LogP contribution in [-0.4, -0.2) is 4.98 Å². The van der Waals surface area contributed by atoms with Gasteiger partial charge in [-0.3, -0.25) is 4.98 Å². The van der Waals surface area contributed by atoms with E-state index in [1.54, 1.807) is 23.7 Å². The molecule has 0 unspecified atom stereocenters. The molecule has 0 saturated heterocycles. The predicted molar refractivity (Wildman–Crippen MR) is 92.7 cm³/mol. The van der Waals surface area contributed by atoms with Crippen molar-refractivity contribution in [3.8, 4) is 27.6 Å². The number of nitrogens with two attached hydrogens (primary N) is 1. The normalized spacial score (nSPS) is 10.4. The van der Waals surface area contributed by atoms with Gasteiger partial charge < -0.3 is 5.73 Å². The molecule has 0 aromatic carbocycles. The molecule has 3 rings (SSSR count). The molecule has 0 spiro atoms. The monoisotopic (exact) mass is 409 g/mol. The van der Waals surface area contributed by atoms with Crippen molar-refractivity contribution < 1.29 is 0 Å². The molecule has 2 N–H and O–H groups in total. The average molecular weight is 409 g/mol. The molecule has 3 heterocycles. The van der Waals surface area contributed by atoms with Crippen LogP contribution in [-0.2, 0) is 0 Å². The highest BCUT2D eigenvalue weighted by Gasteiger charge is 2.19. The summed E-state index contributed by atoms with van der Waals surface area (Å²) < 4.78 is 1.21. The molecule has 0 saturated carbocycles. The quantitative estimate of drug-likeness (QED) is 0.630. The number of nitrogen functional groups attached to an aromatic ring is 1. The van der Waals surface area contributed by atoms with Crippen LogP contribution in [0.4, 0.5) is 5.69 Å². The smallest absolute Gasteiger partial charge is 0.129 e. The summed E-state index contributed by atoms with van der Waals surface area (Å²) in [5.74, 6) is 0. The van der Waals surface area contributed by atoms with Crippen molar-refractivity contribution in [2.24, 2.45) is 0 Å². The van der Waals surface area contributed by atoms with Crippen LogP contribution in [0, 0.1) is 14.2 Å². The van der Waals surface area contributed by atoms with E-state index in [9.17, 15) is 5.26 Å². The molecule has 20 heavy (non-hydrogen) atoms. The minimum absolute atomic E-state index is 0.555. The van der Waals surface area contributed by atoms with Crippen LogP contribution in [0.2, 0.25) is 0 Å². The summed E-state index contributed by atoms with van der Waals surface area (Å²) in [4.78, 5) is 5.64. The second-order valence-electron chi connectivity index (χ2n) is 4.04. The molecule has 3 nitrogen and oxygen atoms in total. The van der Waals surface area contributed by atoms with Crippen LogP contribution in [0.1, 0.15) is 4.88 Å². The van der Waals surface area contributed by atoms with Gasteiger partial charge in [-0.1, -0.05) is 0 Å². The third-order valence-electron chi connectivity index (χ3n) is 2.85. The van der Waals surface area contributed by atoms with Gasteiger partial charge in [-0.2, -0.15) is 5.26 Å². The first kappa shape index (κ1) is 13.5. The van der Waals surface area contributed by atoms with Crippen molar-refractivity contribution in [1.29, 1.82) is 5.26 Å². The number of pyridine rings is 1. The second kappa shape index (κ2) is 5.52. The molecule has 0 atom stereocenters. The maximum atomic E-state index is 9.22. The lowest BCUT2D eigenvalue weighted by Gasteiger charge is -2.03. The van der Waals surface area contributed by atoms with Crippen molar-refractivity contribution in [2.75, 3.05) is 5.73 Å². The summed E-state index contributed by atoms with van der Waals surface area (Å²) in [6.45, 7) is 0. The maximum absolute atomic E-state index is 9.22. The fraction of sp³-hybridized carbons (Fsp3) is 0. The van der Waals surface area contributed by atoms with Gasteiger partial charge in [0, 0.05) is 33.8 Å². The largest absolute Gasteiger partial charge is 0.396 e. The Balaban J connectivity index is 2.28. The fourth-order valence-corrected chi connectivity index (χ4v) is 4.40. The summed E-state index contributed by atoms with van der Waals surface area (Å²) >= 11 is 5.42. The van der Waals surface area contributed by atoms with Crippen molar-refractivity contribution >= 4 is 51.0 Å². The minimum Gasteiger partial charge on any atom is -0.396 e. The van der Waals surface area contributed by atoms with Gasteiger partial charge in [0.25, 0.3) is 0 Å². The summed E-state index contributed by atoms with van der Waals surface area (Å²) in [6.07, 6.45) is 3.47. The van der Waals surface area contributed by atoms with Gasteiger partial charge in [0.15, 0.2) is 0 Å². The maximum Gasteiger partial charge on any atom is 0.129 e. The number of nitriles is 1. The topological polar surface area (TPSA) is 62.7 Å². The first-order valence-electron chi connectivity index (χ1n) is 5.68. The molecule has 0 bridgehead atoms. The van der Waals surface area contributed by atoms with Gasteiger partial charge in [0.2, 0.25) is 0 Å². The van der Waals surface area contributed by atoms with E-state index < -0.39 is 0 Å². The zero-order valence-electron chi connectivity index (χ0n) is 10.1.